The van der Waals surface area contributed by atoms with E-state index in [4.69, 9.17) is 22.3 Å². The summed E-state index contributed by atoms with van der Waals surface area (Å²) < 4.78 is 20.1. The van der Waals surface area contributed by atoms with Crippen LogP contribution in [0.4, 0.5) is 28.8 Å². The van der Waals surface area contributed by atoms with E-state index in [-0.39, 0.29) is 23.2 Å². The Hall–Kier alpha value is -4.64. The van der Waals surface area contributed by atoms with E-state index in [2.05, 4.69) is 104 Å². The van der Waals surface area contributed by atoms with E-state index in [0.717, 1.165) is 81.2 Å². The highest BCUT2D eigenvalue weighted by Crippen LogP contribution is 2.43. The number of aromatic nitrogens is 4. The molecule has 9 rings (SSSR count). The van der Waals surface area contributed by atoms with Crippen molar-refractivity contribution in [2.24, 2.45) is 0 Å². The Labute approximate surface area is 381 Å². The summed E-state index contributed by atoms with van der Waals surface area (Å²) >= 11 is 8.47. The number of halogens is 1. The first-order chi connectivity index (χ1) is 30.3. The van der Waals surface area contributed by atoms with Crippen molar-refractivity contribution < 1.29 is 18.9 Å². The minimum Gasteiger partial charge on any atom is -0.494 e. The normalized spacial score (nSPS) is 20.5. The number of piperidine rings is 2. The van der Waals surface area contributed by atoms with E-state index in [0.29, 0.717) is 69.4 Å². The Morgan fingerprint density at radius 1 is 0.937 bits per heavy atom. The molecule has 2 unspecified atom stereocenters. The molecule has 2 atom stereocenters. The highest BCUT2D eigenvalue weighted by molar-refractivity contribution is 9.10. The zero-order valence-electron chi connectivity index (χ0n) is 36.0. The standard InChI is InChI=1S/C45H53BrN11O4PS/c1-27-21-35(51-45-49-24-32(46)42(53-45)50-34-8-7-33-40(48-14-13-47-33)41(34)62(3,4)60)38(61-2)23-37(27)56-15-11-30(12-16-56)55-19-17-54(18-20-55)25-28-5-6-31-29(22-28)26-57(44(31)63)36-9-10-39(58)52-43(36)59/h5-8,13-14,21-24,30,36,44,63H,9-12,15-20,25-26H2,1-4H3,(H,52,58,59)(H2,49,50,51,53). The minimum atomic E-state index is -2.77. The van der Waals surface area contributed by atoms with E-state index in [9.17, 15) is 14.2 Å². The van der Waals surface area contributed by atoms with Crippen LogP contribution < -0.4 is 30.9 Å². The molecule has 3 fully saturated rings. The number of fused-ring (bicyclic) bond motifs is 2. The Morgan fingerprint density at radius 2 is 1.71 bits per heavy atom. The second-order valence-corrected chi connectivity index (χ2v) is 21.8. The van der Waals surface area contributed by atoms with Crippen molar-refractivity contribution >= 4 is 92.7 Å². The maximum atomic E-state index is 13.5. The van der Waals surface area contributed by atoms with Gasteiger partial charge in [0, 0.05) is 95.2 Å². The van der Waals surface area contributed by atoms with Crippen LogP contribution in [-0.2, 0) is 27.2 Å². The molecule has 0 bridgehead atoms. The predicted molar refractivity (Wildman–Crippen MR) is 255 cm³/mol. The van der Waals surface area contributed by atoms with Crippen LogP contribution in [0, 0.1) is 6.92 Å². The molecule has 18 heteroatoms. The SMILES string of the molecule is COc1cc(N2CCC(N3CCN(Cc4ccc5c(c4)CN(C4CCC(=O)NC4=O)C5S)CC3)CC2)c(C)cc1Nc1ncc(Br)c(Nc2ccc3nccnc3c2P(C)(C)=O)n1. The molecule has 2 aromatic heterocycles. The van der Waals surface area contributed by atoms with Gasteiger partial charge in [-0.2, -0.15) is 17.6 Å². The van der Waals surface area contributed by atoms with Gasteiger partial charge in [0.25, 0.3) is 0 Å². The van der Waals surface area contributed by atoms with Crippen LogP contribution in [0.2, 0.25) is 0 Å². The number of hydrogen-bond donors (Lipinski definition) is 4. The van der Waals surface area contributed by atoms with Gasteiger partial charge >= 0.3 is 0 Å². The Bertz CT molecular complexity index is 2620. The molecule has 0 spiro atoms. The van der Waals surface area contributed by atoms with Gasteiger partial charge in [0.2, 0.25) is 17.8 Å². The zero-order valence-corrected chi connectivity index (χ0v) is 39.3. The van der Waals surface area contributed by atoms with Gasteiger partial charge in [-0.1, -0.05) is 18.2 Å². The second-order valence-electron chi connectivity index (χ2n) is 17.3. The first-order valence-electron chi connectivity index (χ1n) is 21.5. The summed E-state index contributed by atoms with van der Waals surface area (Å²) in [7, 11) is -1.09. The number of benzene rings is 3. The van der Waals surface area contributed by atoms with Crippen molar-refractivity contribution in [2.45, 2.75) is 63.2 Å². The lowest BCUT2D eigenvalue weighted by Gasteiger charge is -2.43. The molecule has 4 aliphatic heterocycles. The molecule has 3 N–H and O–H groups in total. The number of aryl methyl sites for hydroxylation is 1. The topological polar surface area (TPSA) is 161 Å². The van der Waals surface area contributed by atoms with Crippen LogP contribution in [0.3, 0.4) is 0 Å². The average molecular weight is 955 g/mol. The number of hydrogen-bond acceptors (Lipinski definition) is 15. The van der Waals surface area contributed by atoms with Gasteiger partial charge in [-0.25, -0.2) is 4.98 Å². The molecule has 2 amide bonds. The number of nitrogens with zero attached hydrogens (tertiary/aromatic N) is 8. The summed E-state index contributed by atoms with van der Waals surface area (Å²) in [5.41, 5.74) is 8.63. The van der Waals surface area contributed by atoms with Crippen molar-refractivity contribution in [1.82, 2.24) is 40.0 Å². The molecule has 0 saturated carbocycles. The third-order valence-corrected chi connectivity index (χ3v) is 15.5. The fourth-order valence-corrected chi connectivity index (χ4v) is 11.8. The molecule has 15 nitrogen and oxygen atoms in total. The fourth-order valence-electron chi connectivity index (χ4n) is 9.62. The number of carbonyl (C=O) groups is 2. The Morgan fingerprint density at radius 3 is 2.46 bits per heavy atom. The Balaban J connectivity index is 0.794. The summed E-state index contributed by atoms with van der Waals surface area (Å²) in [6.07, 6.45) is 8.02. The summed E-state index contributed by atoms with van der Waals surface area (Å²) in [4.78, 5) is 52.4. The highest BCUT2D eigenvalue weighted by Gasteiger charge is 2.39. The summed E-state index contributed by atoms with van der Waals surface area (Å²) in [6.45, 7) is 13.2. The van der Waals surface area contributed by atoms with Crippen molar-refractivity contribution in [3.05, 3.63) is 87.8 Å². The third-order valence-electron chi connectivity index (χ3n) is 12.8. The quantitative estimate of drug-likeness (QED) is 0.0640. The van der Waals surface area contributed by atoms with Crippen LogP contribution in [0.25, 0.3) is 11.0 Å². The van der Waals surface area contributed by atoms with Crippen LogP contribution in [-0.4, -0.2) is 118 Å². The smallest absolute Gasteiger partial charge is 0.243 e. The highest BCUT2D eigenvalue weighted by atomic mass is 79.9. The van der Waals surface area contributed by atoms with E-state index < -0.39 is 7.14 Å². The molecule has 3 aromatic carbocycles. The van der Waals surface area contributed by atoms with Crippen molar-refractivity contribution in [1.29, 1.82) is 0 Å². The average Bonchev–Trinajstić information content (AvgIpc) is 3.59. The number of carbonyl (C=O) groups excluding carboxylic acids is 2. The molecule has 3 saturated heterocycles. The van der Waals surface area contributed by atoms with E-state index >= 15 is 0 Å². The van der Waals surface area contributed by atoms with Crippen LogP contribution in [0.5, 0.6) is 5.75 Å². The van der Waals surface area contributed by atoms with E-state index in [1.54, 1.807) is 39.0 Å². The number of nitrogens with one attached hydrogen (secondary N) is 3. The van der Waals surface area contributed by atoms with Gasteiger partial charge in [0.15, 0.2) is 0 Å². The number of anilines is 5. The summed E-state index contributed by atoms with van der Waals surface area (Å²) in [5.74, 6) is 1.18. The molecule has 63 heavy (non-hydrogen) atoms. The monoisotopic (exact) mass is 953 g/mol. The number of thiol groups is 1. The molecule has 0 radical (unpaired) electrons. The van der Waals surface area contributed by atoms with Crippen molar-refractivity contribution in [3.8, 4) is 5.75 Å². The maximum absolute atomic E-state index is 13.5. The third kappa shape index (κ3) is 9.18. The molecule has 0 aliphatic carbocycles. The van der Waals surface area contributed by atoms with E-state index in [1.165, 1.54) is 11.1 Å². The fraction of sp³-hybridized carbons (Fsp3) is 0.422. The molecular formula is C45H53BrN11O4PS. The number of amides is 2. The predicted octanol–water partition coefficient (Wildman–Crippen LogP) is 6.57. The van der Waals surface area contributed by atoms with Crippen LogP contribution in [0.1, 0.15) is 53.3 Å². The number of imide groups is 1. The molecule has 5 aromatic rings. The largest absolute Gasteiger partial charge is 0.494 e. The van der Waals surface area contributed by atoms with Crippen LogP contribution >= 0.6 is 35.7 Å². The van der Waals surface area contributed by atoms with E-state index in [1.807, 2.05) is 12.1 Å². The van der Waals surface area contributed by atoms with Gasteiger partial charge in [-0.15, -0.1) is 0 Å². The number of methoxy groups -OCH3 is 1. The maximum Gasteiger partial charge on any atom is 0.243 e. The lowest BCUT2D eigenvalue weighted by atomic mass is 10.00. The number of rotatable bonds is 11. The van der Waals surface area contributed by atoms with Gasteiger partial charge in [0.1, 0.15) is 24.2 Å². The van der Waals surface area contributed by atoms with Crippen molar-refractivity contribution in [2.75, 3.05) is 75.2 Å². The molecule has 6 heterocycles. The summed E-state index contributed by atoms with van der Waals surface area (Å²) in [6, 6.07) is 14.8. The van der Waals surface area contributed by atoms with Gasteiger partial charge in [0.05, 0.1) is 45.2 Å². The lowest BCUT2D eigenvalue weighted by molar-refractivity contribution is -0.137. The minimum absolute atomic E-state index is 0.152. The van der Waals surface area contributed by atoms with Gasteiger partial charge in [-0.3, -0.25) is 39.6 Å². The molecular weight excluding hydrogens is 902 g/mol. The Kier molecular flexibility index (Phi) is 12.5. The molecule has 330 valence electrons. The first-order valence-corrected chi connectivity index (χ1v) is 25.4. The number of ether oxygens (including phenoxy) is 1. The number of piperazine rings is 1. The second kappa shape index (κ2) is 18.1. The zero-order chi connectivity index (χ0) is 44.0. The van der Waals surface area contributed by atoms with Crippen LogP contribution in [0.15, 0.2) is 65.5 Å². The van der Waals surface area contributed by atoms with Gasteiger partial charge in [-0.05, 0) is 95.9 Å². The summed E-state index contributed by atoms with van der Waals surface area (Å²) in [5, 5.41) is 9.72. The lowest BCUT2D eigenvalue weighted by Crippen LogP contribution is -2.53. The van der Waals surface area contributed by atoms with Gasteiger partial charge < -0.3 is 24.8 Å². The first kappa shape index (κ1) is 43.6. The van der Waals surface area contributed by atoms with Crippen molar-refractivity contribution in [3.63, 3.8) is 0 Å². The molecule has 4 aliphatic rings.